The zero-order valence-electron chi connectivity index (χ0n) is 11.1. The van der Waals surface area contributed by atoms with Crippen LogP contribution in [0.3, 0.4) is 0 Å². The van der Waals surface area contributed by atoms with E-state index < -0.39 is 0 Å². The predicted molar refractivity (Wildman–Crippen MR) is 81.0 cm³/mol. The summed E-state index contributed by atoms with van der Waals surface area (Å²) in [5, 5.41) is 12.6. The van der Waals surface area contributed by atoms with Crippen molar-refractivity contribution in [2.45, 2.75) is 51.0 Å². The van der Waals surface area contributed by atoms with Crippen molar-refractivity contribution in [1.29, 1.82) is 5.26 Å². The van der Waals surface area contributed by atoms with Gasteiger partial charge in [0.05, 0.1) is 11.6 Å². The molecule has 0 aromatic heterocycles. The van der Waals surface area contributed by atoms with Gasteiger partial charge in [-0.2, -0.15) is 5.26 Å². The Hall–Kier alpha value is -1.01. The summed E-state index contributed by atoms with van der Waals surface area (Å²) >= 11 is 3.57. The quantitative estimate of drug-likeness (QED) is 0.846. The van der Waals surface area contributed by atoms with Gasteiger partial charge in [-0.3, -0.25) is 0 Å². The Balaban J connectivity index is 1.73. The minimum absolute atomic E-state index is 0.561. The molecule has 1 aromatic carbocycles. The first-order chi connectivity index (χ1) is 9.23. The number of halogens is 1. The molecule has 3 heteroatoms. The van der Waals surface area contributed by atoms with Crippen LogP contribution in [0.1, 0.15) is 50.5 Å². The fraction of sp³-hybridized carbons (Fsp3) is 0.562. The molecule has 2 nitrogen and oxygen atoms in total. The summed E-state index contributed by atoms with van der Waals surface area (Å²) in [7, 11) is 0. The number of hydrogen-bond acceptors (Lipinski definition) is 2. The third-order valence-corrected chi connectivity index (χ3v) is 5.60. The molecule has 2 aliphatic rings. The van der Waals surface area contributed by atoms with Crippen LogP contribution >= 0.6 is 15.9 Å². The number of hydrogen-bond donors (Lipinski definition) is 1. The Morgan fingerprint density at radius 1 is 1.21 bits per heavy atom. The average Bonchev–Trinajstić information content (AvgIpc) is 2.45. The molecule has 1 aromatic rings. The molecule has 0 bridgehead atoms. The van der Waals surface area contributed by atoms with Crippen molar-refractivity contribution in [2.75, 3.05) is 5.32 Å². The van der Waals surface area contributed by atoms with E-state index in [1.54, 1.807) is 0 Å². The predicted octanol–water partition coefficient (Wildman–Crippen LogP) is 4.85. The molecule has 0 radical (unpaired) electrons. The molecule has 0 saturated heterocycles. The maximum absolute atomic E-state index is 8.90. The minimum atomic E-state index is 0.561. The monoisotopic (exact) mass is 318 g/mol. The van der Waals surface area contributed by atoms with E-state index in [-0.39, 0.29) is 0 Å². The topological polar surface area (TPSA) is 35.8 Å². The van der Waals surface area contributed by atoms with Crippen molar-refractivity contribution in [3.05, 3.63) is 28.2 Å². The maximum atomic E-state index is 8.90. The average molecular weight is 319 g/mol. The maximum Gasteiger partial charge on any atom is 0.0992 e. The van der Waals surface area contributed by atoms with Crippen molar-refractivity contribution in [2.24, 2.45) is 5.41 Å². The summed E-state index contributed by atoms with van der Waals surface area (Å²) in [4.78, 5) is 0. The third-order valence-electron chi connectivity index (χ3n) is 4.95. The molecule has 0 heterocycles. The zero-order valence-corrected chi connectivity index (χ0v) is 12.7. The van der Waals surface area contributed by atoms with E-state index in [9.17, 15) is 0 Å². The number of anilines is 1. The molecule has 1 atom stereocenters. The third kappa shape index (κ3) is 2.39. The minimum Gasteiger partial charge on any atom is -0.381 e. The Labute approximate surface area is 123 Å². The normalized spacial score (nSPS) is 24.5. The fourth-order valence-electron chi connectivity index (χ4n) is 3.67. The molecule has 100 valence electrons. The SMILES string of the molecule is N#Cc1ccc(NC2CCC23CCCCC3)c(Br)c1. The Kier molecular flexibility index (Phi) is 3.54. The van der Waals surface area contributed by atoms with E-state index in [1.165, 1.54) is 44.9 Å². The lowest BCUT2D eigenvalue weighted by atomic mass is 9.57. The van der Waals surface area contributed by atoms with Gasteiger partial charge in [0, 0.05) is 16.2 Å². The Morgan fingerprint density at radius 2 is 2.00 bits per heavy atom. The van der Waals surface area contributed by atoms with Gasteiger partial charge in [0.15, 0.2) is 0 Å². The van der Waals surface area contributed by atoms with Gasteiger partial charge >= 0.3 is 0 Å². The van der Waals surface area contributed by atoms with E-state index in [0.29, 0.717) is 17.0 Å². The molecule has 2 saturated carbocycles. The van der Waals surface area contributed by atoms with Gasteiger partial charge < -0.3 is 5.32 Å². The van der Waals surface area contributed by atoms with E-state index in [2.05, 4.69) is 27.3 Å². The van der Waals surface area contributed by atoms with Gasteiger partial charge in [0.25, 0.3) is 0 Å². The summed E-state index contributed by atoms with van der Waals surface area (Å²) in [6.45, 7) is 0. The lowest BCUT2D eigenvalue weighted by molar-refractivity contribution is 0.0571. The highest BCUT2D eigenvalue weighted by molar-refractivity contribution is 9.10. The van der Waals surface area contributed by atoms with Gasteiger partial charge in [0.1, 0.15) is 0 Å². The van der Waals surface area contributed by atoms with Crippen LogP contribution in [0.25, 0.3) is 0 Å². The first-order valence-corrected chi connectivity index (χ1v) is 7.99. The van der Waals surface area contributed by atoms with E-state index >= 15 is 0 Å². The number of rotatable bonds is 2. The Morgan fingerprint density at radius 3 is 2.58 bits per heavy atom. The highest BCUT2D eigenvalue weighted by atomic mass is 79.9. The molecule has 2 fully saturated rings. The van der Waals surface area contributed by atoms with Crippen molar-refractivity contribution in [1.82, 2.24) is 0 Å². The van der Waals surface area contributed by atoms with Crippen molar-refractivity contribution >= 4 is 21.6 Å². The summed E-state index contributed by atoms with van der Waals surface area (Å²) in [6, 6.07) is 8.61. The first-order valence-electron chi connectivity index (χ1n) is 7.20. The largest absolute Gasteiger partial charge is 0.381 e. The van der Waals surface area contributed by atoms with Crippen LogP contribution in [-0.4, -0.2) is 6.04 Å². The summed E-state index contributed by atoms with van der Waals surface area (Å²) in [5.74, 6) is 0. The molecule has 1 N–H and O–H groups in total. The first kappa shape index (κ1) is 13.0. The molecular formula is C16H19BrN2. The molecule has 1 spiro atoms. The van der Waals surface area contributed by atoms with Gasteiger partial charge in [-0.1, -0.05) is 19.3 Å². The lowest BCUT2D eigenvalue weighted by Gasteiger charge is -2.52. The van der Waals surface area contributed by atoms with E-state index in [0.717, 1.165) is 10.2 Å². The van der Waals surface area contributed by atoms with Crippen LogP contribution in [0.5, 0.6) is 0 Å². The van der Waals surface area contributed by atoms with Crippen LogP contribution in [-0.2, 0) is 0 Å². The second-order valence-corrected chi connectivity index (χ2v) is 6.82. The van der Waals surface area contributed by atoms with Crippen LogP contribution in [0.4, 0.5) is 5.69 Å². The molecule has 19 heavy (non-hydrogen) atoms. The summed E-state index contributed by atoms with van der Waals surface area (Å²) in [5.41, 5.74) is 2.40. The highest BCUT2D eigenvalue weighted by Crippen LogP contribution is 2.52. The van der Waals surface area contributed by atoms with Crippen molar-refractivity contribution < 1.29 is 0 Å². The summed E-state index contributed by atoms with van der Waals surface area (Å²) in [6.07, 6.45) is 9.65. The lowest BCUT2D eigenvalue weighted by Crippen LogP contribution is -2.50. The molecule has 2 aliphatic carbocycles. The van der Waals surface area contributed by atoms with Crippen molar-refractivity contribution in [3.8, 4) is 6.07 Å². The zero-order chi connectivity index (χ0) is 13.3. The summed E-state index contributed by atoms with van der Waals surface area (Å²) < 4.78 is 1.00. The molecule has 3 rings (SSSR count). The van der Waals surface area contributed by atoms with E-state index in [1.807, 2.05) is 18.2 Å². The van der Waals surface area contributed by atoms with Gasteiger partial charge in [-0.05, 0) is 65.2 Å². The van der Waals surface area contributed by atoms with Gasteiger partial charge in [-0.15, -0.1) is 0 Å². The molecule has 0 aliphatic heterocycles. The van der Waals surface area contributed by atoms with Gasteiger partial charge in [-0.25, -0.2) is 0 Å². The smallest absolute Gasteiger partial charge is 0.0992 e. The van der Waals surface area contributed by atoms with Gasteiger partial charge in [0.2, 0.25) is 0 Å². The standard InChI is InChI=1S/C16H19BrN2/c17-13-10-12(11-18)4-5-14(13)19-15-6-9-16(15)7-2-1-3-8-16/h4-5,10,15,19H,1-3,6-9H2. The molecule has 0 amide bonds. The van der Waals surface area contributed by atoms with Crippen LogP contribution in [0.15, 0.2) is 22.7 Å². The van der Waals surface area contributed by atoms with Crippen LogP contribution < -0.4 is 5.32 Å². The number of nitrogens with zero attached hydrogens (tertiary/aromatic N) is 1. The number of nitrogens with one attached hydrogen (secondary N) is 1. The highest BCUT2D eigenvalue weighted by Gasteiger charge is 2.46. The number of nitriles is 1. The van der Waals surface area contributed by atoms with Crippen molar-refractivity contribution in [3.63, 3.8) is 0 Å². The second kappa shape index (κ2) is 5.17. The van der Waals surface area contributed by atoms with Crippen LogP contribution in [0, 0.1) is 16.7 Å². The van der Waals surface area contributed by atoms with E-state index in [4.69, 9.17) is 5.26 Å². The second-order valence-electron chi connectivity index (χ2n) is 5.97. The Bertz CT molecular complexity index is 512. The number of benzene rings is 1. The fourth-order valence-corrected chi connectivity index (χ4v) is 4.16. The molecular weight excluding hydrogens is 300 g/mol. The molecule has 1 unspecified atom stereocenters. The van der Waals surface area contributed by atoms with Crippen LogP contribution in [0.2, 0.25) is 0 Å².